The third-order valence-corrected chi connectivity index (χ3v) is 6.00. The molecular weight excluding hydrogens is 407 g/mol. The number of rotatable bonds is 8. The van der Waals surface area contributed by atoms with Crippen LogP contribution in [0.5, 0.6) is 0 Å². The summed E-state index contributed by atoms with van der Waals surface area (Å²) in [6.45, 7) is 1.39. The van der Waals surface area contributed by atoms with E-state index in [-0.39, 0.29) is 17.4 Å². The van der Waals surface area contributed by atoms with Crippen molar-refractivity contribution >= 4 is 40.9 Å². The van der Waals surface area contributed by atoms with Gasteiger partial charge in [0.2, 0.25) is 5.91 Å². The number of ketones is 1. The zero-order chi connectivity index (χ0) is 20.6. The van der Waals surface area contributed by atoms with Crippen molar-refractivity contribution in [3.63, 3.8) is 0 Å². The number of nitrogens with one attached hydrogen (secondary N) is 1. The molecule has 2 aromatic carbocycles. The van der Waals surface area contributed by atoms with Gasteiger partial charge in [-0.2, -0.15) is 0 Å². The van der Waals surface area contributed by atoms with E-state index in [1.165, 1.54) is 19.1 Å². The fourth-order valence-corrected chi connectivity index (χ4v) is 4.03. The van der Waals surface area contributed by atoms with Gasteiger partial charge in [-0.05, 0) is 48.9 Å². The zero-order valence-electron chi connectivity index (χ0n) is 15.7. The molecule has 0 aliphatic rings. The van der Waals surface area contributed by atoms with Crippen molar-refractivity contribution in [3.05, 3.63) is 83.8 Å². The molecule has 148 valence electrons. The first kappa shape index (κ1) is 21.1. The summed E-state index contributed by atoms with van der Waals surface area (Å²) in [5, 5.41) is 3.78. The molecule has 0 saturated carbocycles. The van der Waals surface area contributed by atoms with Crippen molar-refractivity contribution in [2.45, 2.75) is 22.6 Å². The van der Waals surface area contributed by atoms with Crippen LogP contribution in [0.2, 0.25) is 0 Å². The zero-order valence-corrected chi connectivity index (χ0v) is 17.4. The lowest BCUT2D eigenvalue weighted by Gasteiger charge is -2.08. The number of amides is 1. The summed E-state index contributed by atoms with van der Waals surface area (Å²) in [6.07, 6.45) is 1.76. The highest BCUT2D eigenvalue weighted by Gasteiger charge is 2.10. The number of hydrogen-bond acceptors (Lipinski definition) is 5. The third kappa shape index (κ3) is 6.44. The smallest absolute Gasteiger partial charge is 0.234 e. The lowest BCUT2D eigenvalue weighted by molar-refractivity contribution is -0.113. The second-order valence-electron chi connectivity index (χ2n) is 6.20. The molecule has 1 amide bonds. The molecule has 3 rings (SSSR count). The van der Waals surface area contributed by atoms with Gasteiger partial charge >= 0.3 is 0 Å². The summed E-state index contributed by atoms with van der Waals surface area (Å²) in [6, 6.07) is 17.7. The maximum Gasteiger partial charge on any atom is 0.234 e. The van der Waals surface area contributed by atoms with Gasteiger partial charge in [0, 0.05) is 28.1 Å². The van der Waals surface area contributed by atoms with E-state index < -0.39 is 5.82 Å². The van der Waals surface area contributed by atoms with Crippen LogP contribution in [0.15, 0.2) is 76.8 Å². The van der Waals surface area contributed by atoms with E-state index in [0.717, 1.165) is 28.1 Å². The first-order chi connectivity index (χ1) is 14.0. The molecule has 0 fully saturated rings. The predicted molar refractivity (Wildman–Crippen MR) is 116 cm³/mol. The highest BCUT2D eigenvalue weighted by Crippen LogP contribution is 2.24. The van der Waals surface area contributed by atoms with Gasteiger partial charge in [-0.3, -0.25) is 9.59 Å². The Morgan fingerprint density at radius 2 is 1.90 bits per heavy atom. The van der Waals surface area contributed by atoms with Gasteiger partial charge in [0.15, 0.2) is 5.78 Å². The predicted octanol–water partition coefficient (Wildman–Crippen LogP) is 5.45. The minimum Gasteiger partial charge on any atom is -0.325 e. The number of hydrogen-bond donors (Lipinski definition) is 1. The van der Waals surface area contributed by atoms with Crippen molar-refractivity contribution in [1.82, 2.24) is 4.98 Å². The molecule has 0 atom stereocenters. The van der Waals surface area contributed by atoms with Crippen LogP contribution in [-0.4, -0.2) is 22.4 Å². The number of Topliss-reactive ketones (excluding diaryl/α,β-unsaturated/α-hetero) is 1. The second kappa shape index (κ2) is 10.2. The maximum atomic E-state index is 14.1. The van der Waals surface area contributed by atoms with E-state index >= 15 is 0 Å². The summed E-state index contributed by atoms with van der Waals surface area (Å²) in [7, 11) is 0. The van der Waals surface area contributed by atoms with Gasteiger partial charge in [0.05, 0.1) is 10.8 Å². The van der Waals surface area contributed by atoms with Crippen molar-refractivity contribution < 1.29 is 14.0 Å². The second-order valence-corrected chi connectivity index (χ2v) is 8.21. The van der Waals surface area contributed by atoms with Gasteiger partial charge < -0.3 is 5.32 Å². The summed E-state index contributed by atoms with van der Waals surface area (Å²) >= 11 is 2.72. The van der Waals surface area contributed by atoms with Crippen LogP contribution in [0.25, 0.3) is 0 Å². The van der Waals surface area contributed by atoms with Crippen molar-refractivity contribution in [2.75, 3.05) is 11.1 Å². The largest absolute Gasteiger partial charge is 0.325 e. The van der Waals surface area contributed by atoms with E-state index in [9.17, 15) is 14.0 Å². The minimum atomic E-state index is -0.496. The first-order valence-electron chi connectivity index (χ1n) is 8.87. The SMILES string of the molecule is CC(=O)c1ccc(SCC(=O)Nc2cccc(CSc3ccccn3)c2)c(F)c1. The highest BCUT2D eigenvalue weighted by atomic mass is 32.2. The summed E-state index contributed by atoms with van der Waals surface area (Å²) < 4.78 is 14.1. The Kier molecular flexibility index (Phi) is 7.43. The minimum absolute atomic E-state index is 0.0727. The molecule has 0 bridgehead atoms. The number of benzene rings is 2. The average molecular weight is 427 g/mol. The monoisotopic (exact) mass is 426 g/mol. The topological polar surface area (TPSA) is 59.1 Å². The Balaban J connectivity index is 1.53. The molecule has 0 spiro atoms. The molecule has 1 heterocycles. The molecule has 1 aromatic heterocycles. The molecule has 0 radical (unpaired) electrons. The van der Waals surface area contributed by atoms with Crippen LogP contribution >= 0.6 is 23.5 Å². The van der Waals surface area contributed by atoms with Crippen molar-refractivity contribution in [2.24, 2.45) is 0 Å². The number of halogens is 1. The number of pyridine rings is 1. The quantitative estimate of drug-likeness (QED) is 0.384. The van der Waals surface area contributed by atoms with Gasteiger partial charge in [0.1, 0.15) is 5.82 Å². The highest BCUT2D eigenvalue weighted by molar-refractivity contribution is 8.00. The van der Waals surface area contributed by atoms with Crippen LogP contribution in [0.1, 0.15) is 22.8 Å². The fraction of sp³-hybridized carbons (Fsp3) is 0.136. The first-order valence-corrected chi connectivity index (χ1v) is 10.8. The maximum absolute atomic E-state index is 14.1. The average Bonchev–Trinajstić information content (AvgIpc) is 2.72. The summed E-state index contributed by atoms with van der Waals surface area (Å²) in [5.74, 6) is -0.102. The summed E-state index contributed by atoms with van der Waals surface area (Å²) in [5.41, 5.74) is 2.08. The molecule has 0 aliphatic heterocycles. The lowest BCUT2D eigenvalue weighted by atomic mass is 10.1. The molecule has 3 aromatic rings. The number of nitrogens with zero attached hydrogens (tertiary/aromatic N) is 1. The van der Waals surface area contributed by atoms with Crippen LogP contribution in [0, 0.1) is 5.82 Å². The van der Waals surface area contributed by atoms with E-state index in [1.54, 1.807) is 24.0 Å². The van der Waals surface area contributed by atoms with Crippen molar-refractivity contribution in [3.8, 4) is 0 Å². The molecule has 0 aliphatic carbocycles. The van der Waals surface area contributed by atoms with E-state index in [4.69, 9.17) is 0 Å². The Morgan fingerprint density at radius 1 is 1.03 bits per heavy atom. The van der Waals surface area contributed by atoms with E-state index in [0.29, 0.717) is 16.1 Å². The van der Waals surface area contributed by atoms with Gasteiger partial charge in [-0.1, -0.05) is 24.3 Å². The van der Waals surface area contributed by atoms with Gasteiger partial charge in [-0.25, -0.2) is 9.37 Å². The van der Waals surface area contributed by atoms with E-state index in [2.05, 4.69) is 10.3 Å². The number of carbonyl (C=O) groups excluding carboxylic acids is 2. The molecule has 0 saturated heterocycles. The fourth-order valence-electron chi connectivity index (χ4n) is 2.51. The Labute approximate surface area is 177 Å². The Hall–Kier alpha value is -2.64. The number of thioether (sulfide) groups is 2. The number of aromatic nitrogens is 1. The normalized spacial score (nSPS) is 10.6. The van der Waals surface area contributed by atoms with Gasteiger partial charge in [-0.15, -0.1) is 23.5 Å². The van der Waals surface area contributed by atoms with Crippen LogP contribution in [0.3, 0.4) is 0 Å². The number of carbonyl (C=O) groups is 2. The van der Waals surface area contributed by atoms with Crippen LogP contribution < -0.4 is 5.32 Å². The Morgan fingerprint density at radius 3 is 2.62 bits per heavy atom. The van der Waals surface area contributed by atoms with Gasteiger partial charge in [0.25, 0.3) is 0 Å². The number of anilines is 1. The molecular formula is C22H19FN2O2S2. The third-order valence-electron chi connectivity index (χ3n) is 3.93. The lowest BCUT2D eigenvalue weighted by Crippen LogP contribution is -2.14. The Bertz CT molecular complexity index is 1010. The van der Waals surface area contributed by atoms with Crippen LogP contribution in [0.4, 0.5) is 10.1 Å². The molecule has 29 heavy (non-hydrogen) atoms. The molecule has 0 unspecified atom stereocenters. The van der Waals surface area contributed by atoms with Crippen molar-refractivity contribution in [1.29, 1.82) is 0 Å². The van der Waals surface area contributed by atoms with E-state index in [1.807, 2.05) is 42.5 Å². The molecule has 1 N–H and O–H groups in total. The molecule has 7 heteroatoms. The molecule has 4 nitrogen and oxygen atoms in total. The summed E-state index contributed by atoms with van der Waals surface area (Å²) in [4.78, 5) is 28.1. The standard InChI is InChI=1S/C22H19FN2O2S2/c1-15(26)17-8-9-20(19(23)12-17)28-14-21(27)25-18-6-4-5-16(11-18)13-29-22-7-2-3-10-24-22/h2-12H,13-14H2,1H3,(H,25,27). The van der Waals surface area contributed by atoms with Crippen LogP contribution in [-0.2, 0) is 10.5 Å².